The summed E-state index contributed by atoms with van der Waals surface area (Å²) in [5.74, 6) is 1.93. The van der Waals surface area contributed by atoms with E-state index in [4.69, 9.17) is 4.98 Å². The lowest BCUT2D eigenvalue weighted by Crippen LogP contribution is -2.35. The molecule has 0 spiro atoms. The highest BCUT2D eigenvalue weighted by molar-refractivity contribution is 14.1. The smallest absolute Gasteiger partial charge is 0.171 e. The third-order valence-corrected chi connectivity index (χ3v) is 7.06. The van der Waals surface area contributed by atoms with Crippen LogP contribution in [0.5, 0.6) is 0 Å². The van der Waals surface area contributed by atoms with Crippen LogP contribution in [0.2, 0.25) is 0 Å². The van der Waals surface area contributed by atoms with E-state index in [0.29, 0.717) is 0 Å². The molecule has 0 bridgehead atoms. The number of nitrogens with one attached hydrogen (secondary N) is 3. The summed E-state index contributed by atoms with van der Waals surface area (Å²) in [5.41, 5.74) is 16.5. The van der Waals surface area contributed by atoms with Crippen LogP contribution in [-0.4, -0.2) is 31.5 Å². The minimum atomic E-state index is 0.774. The van der Waals surface area contributed by atoms with Gasteiger partial charge in [-0.3, -0.25) is 5.43 Å². The molecule has 0 amide bonds. The quantitative estimate of drug-likeness (QED) is 0.155. The predicted octanol–water partition coefficient (Wildman–Crippen LogP) is 4.43. The summed E-state index contributed by atoms with van der Waals surface area (Å²) in [6, 6.07) is 19.1. The van der Waals surface area contributed by atoms with Crippen LogP contribution in [0, 0.1) is 0 Å². The van der Waals surface area contributed by atoms with Gasteiger partial charge in [-0.2, -0.15) is 9.61 Å². The normalized spacial score (nSPS) is 12.9. The molecule has 0 saturated heterocycles. The van der Waals surface area contributed by atoms with Crippen molar-refractivity contribution in [3.63, 3.8) is 0 Å². The second-order valence-electron chi connectivity index (χ2n) is 8.43. The zero-order valence-corrected chi connectivity index (χ0v) is 22.1. The average molecular weight is 580 g/mol. The minimum Gasteiger partial charge on any atom is -0.347 e. The molecule has 3 N–H and O–H groups in total. The fraction of sp³-hybridized carbons (Fsp3) is 0.269. The third kappa shape index (κ3) is 4.70. The van der Waals surface area contributed by atoms with Gasteiger partial charge in [0.25, 0.3) is 0 Å². The van der Waals surface area contributed by atoms with Crippen molar-refractivity contribution in [3.8, 4) is 11.1 Å². The molecule has 8 nitrogen and oxygen atoms in total. The molecule has 4 aromatic rings. The first kappa shape index (κ1) is 23.6. The molecule has 35 heavy (non-hydrogen) atoms. The van der Waals surface area contributed by atoms with E-state index in [9.17, 15) is 0 Å². The lowest BCUT2D eigenvalue weighted by molar-refractivity contribution is 0.577. The number of amidine groups is 1. The van der Waals surface area contributed by atoms with E-state index in [0.717, 1.165) is 64.3 Å². The van der Waals surface area contributed by atoms with E-state index >= 15 is 0 Å². The van der Waals surface area contributed by atoms with Crippen molar-refractivity contribution >= 4 is 39.9 Å². The molecule has 0 radical (unpaired) electrons. The van der Waals surface area contributed by atoms with Gasteiger partial charge in [0.2, 0.25) is 0 Å². The van der Waals surface area contributed by atoms with E-state index in [-0.39, 0.29) is 0 Å². The van der Waals surface area contributed by atoms with Gasteiger partial charge in [0.15, 0.2) is 11.5 Å². The zero-order valence-electron chi connectivity index (χ0n) is 19.9. The Morgan fingerprint density at radius 3 is 2.49 bits per heavy atom. The Kier molecular flexibility index (Phi) is 7.14. The van der Waals surface area contributed by atoms with E-state index in [2.05, 4.69) is 110 Å². The van der Waals surface area contributed by atoms with Gasteiger partial charge in [0.1, 0.15) is 5.82 Å². The van der Waals surface area contributed by atoms with Crippen LogP contribution in [0.3, 0.4) is 0 Å². The maximum absolute atomic E-state index is 4.99. The van der Waals surface area contributed by atoms with Crippen LogP contribution in [0.4, 0.5) is 5.82 Å². The second kappa shape index (κ2) is 10.6. The highest BCUT2D eigenvalue weighted by Gasteiger charge is 2.20. The molecule has 0 aliphatic carbocycles. The van der Waals surface area contributed by atoms with Crippen molar-refractivity contribution in [2.75, 3.05) is 16.0 Å². The number of alkyl halides is 1. The van der Waals surface area contributed by atoms with E-state index in [1.807, 2.05) is 22.8 Å². The molecule has 0 saturated carbocycles. The Bertz CT molecular complexity index is 1340. The van der Waals surface area contributed by atoms with Crippen molar-refractivity contribution in [2.24, 2.45) is 5.10 Å². The average Bonchev–Trinajstić information content (AvgIpc) is 3.59. The third-order valence-electron chi connectivity index (χ3n) is 6.24. The van der Waals surface area contributed by atoms with Crippen LogP contribution in [0.15, 0.2) is 65.9 Å². The van der Waals surface area contributed by atoms with Crippen molar-refractivity contribution in [2.45, 2.75) is 33.1 Å². The van der Waals surface area contributed by atoms with Crippen LogP contribution in [0.25, 0.3) is 16.8 Å². The molecule has 0 unspecified atom stereocenters. The summed E-state index contributed by atoms with van der Waals surface area (Å²) in [6.07, 6.45) is 4.65. The fourth-order valence-electron chi connectivity index (χ4n) is 4.52. The van der Waals surface area contributed by atoms with Gasteiger partial charge in [0.05, 0.1) is 16.4 Å². The number of aryl methyl sites for hydroxylation is 1. The van der Waals surface area contributed by atoms with Crippen LogP contribution in [-0.2, 0) is 12.8 Å². The summed E-state index contributed by atoms with van der Waals surface area (Å²) in [5, 5.41) is 8.90. The summed E-state index contributed by atoms with van der Waals surface area (Å²) in [4.78, 5) is 7.37. The molecular weight excluding hydrogens is 551 g/mol. The van der Waals surface area contributed by atoms with Crippen molar-refractivity contribution in [1.82, 2.24) is 31.1 Å². The molecule has 2 aromatic carbocycles. The molecule has 1 aliphatic heterocycles. The lowest BCUT2D eigenvalue weighted by atomic mass is 9.96. The Morgan fingerprint density at radius 2 is 1.80 bits per heavy atom. The molecule has 5 rings (SSSR count). The first-order valence-corrected chi connectivity index (χ1v) is 13.4. The molecule has 0 fully saturated rings. The second-order valence-corrected chi connectivity index (χ2v) is 9.11. The number of anilines is 1. The highest BCUT2D eigenvalue weighted by Crippen LogP contribution is 2.30. The van der Waals surface area contributed by atoms with Gasteiger partial charge < -0.3 is 4.90 Å². The van der Waals surface area contributed by atoms with Gasteiger partial charge in [-0.25, -0.2) is 10.5 Å². The van der Waals surface area contributed by atoms with Crippen LogP contribution < -0.4 is 21.4 Å². The van der Waals surface area contributed by atoms with Crippen LogP contribution >= 0.6 is 22.6 Å². The number of nitrogens with zero attached hydrogens (tertiary/aromatic N) is 5. The zero-order chi connectivity index (χ0) is 24.2. The minimum absolute atomic E-state index is 0.774. The summed E-state index contributed by atoms with van der Waals surface area (Å²) < 4.78 is 2.89. The van der Waals surface area contributed by atoms with Crippen molar-refractivity contribution in [3.05, 3.63) is 83.2 Å². The SMILES string of the molecule is CCCc1nc2ccnn2c(N(CC)CI)c1Cc1ccc(-c2ccccc2C2=NNNN2)cc1. The van der Waals surface area contributed by atoms with Gasteiger partial charge in [-0.05, 0) is 30.0 Å². The number of rotatable bonds is 9. The largest absolute Gasteiger partial charge is 0.347 e. The highest BCUT2D eigenvalue weighted by atomic mass is 127. The molecule has 1 aliphatic rings. The van der Waals surface area contributed by atoms with E-state index < -0.39 is 0 Å². The van der Waals surface area contributed by atoms with Crippen molar-refractivity contribution < 1.29 is 0 Å². The van der Waals surface area contributed by atoms with Gasteiger partial charge in [-0.15, -0.1) is 10.6 Å². The number of fused-ring (bicyclic) bond motifs is 1. The Morgan fingerprint density at radius 1 is 1.00 bits per heavy atom. The Hall–Kier alpha value is -3.18. The Balaban J connectivity index is 1.53. The van der Waals surface area contributed by atoms with Gasteiger partial charge in [0, 0.05) is 30.2 Å². The fourth-order valence-corrected chi connectivity index (χ4v) is 5.33. The van der Waals surface area contributed by atoms with Crippen LogP contribution in [0.1, 0.15) is 42.7 Å². The summed E-state index contributed by atoms with van der Waals surface area (Å²) in [6.45, 7) is 5.32. The maximum atomic E-state index is 4.99. The summed E-state index contributed by atoms with van der Waals surface area (Å²) >= 11 is 2.44. The van der Waals surface area contributed by atoms with Crippen molar-refractivity contribution in [1.29, 1.82) is 0 Å². The molecule has 180 valence electrons. The number of aromatic nitrogens is 3. The standard InChI is InChI=1S/C26H29IN8/c1-3-7-23-22(26(34(4-2)17-27)35-24(29-23)14-15-28-35)16-18-10-12-19(13-11-18)20-8-5-6-9-21(20)25-30-32-33-31-25/h5-6,8-15,32-33H,3-4,7,16-17H2,1-2H3,(H,30,31). The first-order chi connectivity index (χ1) is 17.2. The van der Waals surface area contributed by atoms with E-state index in [1.54, 1.807) is 0 Å². The number of benzene rings is 2. The Labute approximate surface area is 218 Å². The molecule has 0 atom stereocenters. The first-order valence-electron chi connectivity index (χ1n) is 11.9. The predicted molar refractivity (Wildman–Crippen MR) is 150 cm³/mol. The number of hydrazone groups is 1. The number of hydrogen-bond donors (Lipinski definition) is 3. The lowest BCUT2D eigenvalue weighted by Gasteiger charge is -2.25. The monoisotopic (exact) mass is 580 g/mol. The van der Waals surface area contributed by atoms with Gasteiger partial charge >= 0.3 is 0 Å². The molecule has 2 aromatic heterocycles. The van der Waals surface area contributed by atoms with E-state index in [1.165, 1.54) is 16.8 Å². The van der Waals surface area contributed by atoms with Gasteiger partial charge in [-0.1, -0.05) is 84.5 Å². The number of hydrazine groups is 2. The molecular formula is C26H29IN8. The summed E-state index contributed by atoms with van der Waals surface area (Å²) in [7, 11) is 0. The molecule has 9 heteroatoms. The topological polar surface area (TPSA) is 81.9 Å². The molecule has 3 heterocycles. The number of hydrogen-bond acceptors (Lipinski definition) is 7. The number of halogens is 1. The maximum Gasteiger partial charge on any atom is 0.171 e.